The number of hydrogen-bond donors (Lipinski definition) is 1. The van der Waals surface area contributed by atoms with E-state index in [-0.39, 0.29) is 5.91 Å². The molecule has 0 spiro atoms. The van der Waals surface area contributed by atoms with E-state index in [0.29, 0.717) is 43.2 Å². The van der Waals surface area contributed by atoms with Crippen LogP contribution in [0.15, 0.2) is 6.07 Å². The average Bonchev–Trinajstić information content (AvgIpc) is 3.28. The predicted molar refractivity (Wildman–Crippen MR) is 98.5 cm³/mol. The number of amides is 1. The van der Waals surface area contributed by atoms with E-state index in [9.17, 15) is 14.7 Å². The van der Waals surface area contributed by atoms with Gasteiger partial charge in [0.15, 0.2) is 11.5 Å². The third-order valence-electron chi connectivity index (χ3n) is 5.98. The fraction of sp³-hybridized carbons (Fsp3) is 0.600. The zero-order chi connectivity index (χ0) is 19.9. The van der Waals surface area contributed by atoms with Gasteiger partial charge in [0.05, 0.1) is 33.2 Å². The first-order valence-corrected chi connectivity index (χ1v) is 9.10. The largest absolute Gasteiger partial charge is 0.493 e. The van der Waals surface area contributed by atoms with Gasteiger partial charge in [0.25, 0.3) is 0 Å². The summed E-state index contributed by atoms with van der Waals surface area (Å²) in [6.45, 7) is 4.76. The van der Waals surface area contributed by atoms with E-state index in [0.717, 1.165) is 11.1 Å². The number of rotatable bonds is 5. The Morgan fingerprint density at radius 1 is 1.04 bits per heavy atom. The lowest BCUT2D eigenvalue weighted by molar-refractivity contribution is -0.142. The summed E-state index contributed by atoms with van der Waals surface area (Å²) in [7, 11) is 4.74. The Kier molecular flexibility index (Phi) is 4.97. The summed E-state index contributed by atoms with van der Waals surface area (Å²) in [5, 5.41) is 9.37. The van der Waals surface area contributed by atoms with Crippen LogP contribution in [0.25, 0.3) is 0 Å². The van der Waals surface area contributed by atoms with E-state index in [1.807, 2.05) is 19.9 Å². The van der Waals surface area contributed by atoms with Crippen molar-refractivity contribution in [2.24, 2.45) is 17.3 Å². The number of methoxy groups -OCH3 is 3. The molecule has 1 aliphatic heterocycles. The second kappa shape index (κ2) is 6.94. The Hall–Kier alpha value is -2.44. The van der Waals surface area contributed by atoms with Crippen LogP contribution in [0.1, 0.15) is 25.0 Å². The first kappa shape index (κ1) is 19.3. The van der Waals surface area contributed by atoms with Gasteiger partial charge in [-0.3, -0.25) is 9.59 Å². The van der Waals surface area contributed by atoms with Gasteiger partial charge in [-0.05, 0) is 29.9 Å². The molecule has 1 fully saturated rings. The van der Waals surface area contributed by atoms with Crippen molar-refractivity contribution in [1.82, 2.24) is 4.90 Å². The lowest BCUT2D eigenvalue weighted by Crippen LogP contribution is -2.35. The summed E-state index contributed by atoms with van der Waals surface area (Å²) in [4.78, 5) is 26.2. The highest BCUT2D eigenvalue weighted by molar-refractivity contribution is 5.91. The number of nitrogens with zero attached hydrogens (tertiary/aromatic N) is 1. The van der Waals surface area contributed by atoms with Crippen LogP contribution >= 0.6 is 0 Å². The van der Waals surface area contributed by atoms with Crippen LogP contribution in [0, 0.1) is 17.3 Å². The number of ether oxygens (including phenoxy) is 3. The topological polar surface area (TPSA) is 85.3 Å². The van der Waals surface area contributed by atoms with Crippen molar-refractivity contribution in [2.45, 2.75) is 26.7 Å². The molecular weight excluding hydrogens is 350 g/mol. The van der Waals surface area contributed by atoms with Crippen LogP contribution in [-0.2, 0) is 22.4 Å². The van der Waals surface area contributed by atoms with Crippen LogP contribution in [-0.4, -0.2) is 56.3 Å². The van der Waals surface area contributed by atoms with Gasteiger partial charge in [-0.1, -0.05) is 13.8 Å². The summed E-state index contributed by atoms with van der Waals surface area (Å²) >= 11 is 0. The molecule has 2 aliphatic rings. The van der Waals surface area contributed by atoms with Crippen LogP contribution < -0.4 is 14.2 Å². The average molecular weight is 377 g/mol. The maximum atomic E-state index is 13.0. The second-order valence-corrected chi connectivity index (χ2v) is 7.72. The molecule has 0 saturated heterocycles. The predicted octanol–water partition coefficient (Wildman–Crippen LogP) is 2.00. The number of fused-ring (bicyclic) bond motifs is 1. The number of carbonyl (C=O) groups excluding carboxylic acids is 1. The van der Waals surface area contributed by atoms with E-state index < -0.39 is 23.2 Å². The van der Waals surface area contributed by atoms with Crippen molar-refractivity contribution in [2.75, 3.05) is 34.4 Å². The van der Waals surface area contributed by atoms with Crippen LogP contribution in [0.4, 0.5) is 0 Å². The minimum Gasteiger partial charge on any atom is -0.493 e. The molecule has 0 aromatic heterocycles. The monoisotopic (exact) mass is 377 g/mol. The molecule has 1 amide bonds. The lowest BCUT2D eigenvalue weighted by atomic mass is 10.0. The Balaban J connectivity index is 1.85. The first-order valence-electron chi connectivity index (χ1n) is 9.10. The highest BCUT2D eigenvalue weighted by Gasteiger charge is 2.66. The SMILES string of the molecule is COc1cc2c(c(OC)c1OC)CCN(C(=O)[C@@H]1[C@H](C(=O)O)C1(C)C)CC2. The zero-order valence-electron chi connectivity index (χ0n) is 16.5. The van der Waals surface area contributed by atoms with Gasteiger partial charge >= 0.3 is 5.97 Å². The quantitative estimate of drug-likeness (QED) is 0.845. The molecule has 0 radical (unpaired) electrons. The molecule has 1 aromatic rings. The van der Waals surface area contributed by atoms with Crippen molar-refractivity contribution in [3.05, 3.63) is 17.2 Å². The Morgan fingerprint density at radius 3 is 2.19 bits per heavy atom. The molecule has 0 unspecified atom stereocenters. The summed E-state index contributed by atoms with van der Waals surface area (Å²) in [5.74, 6) is -0.246. The molecule has 1 saturated carbocycles. The summed E-state index contributed by atoms with van der Waals surface area (Å²) < 4.78 is 16.5. The van der Waals surface area contributed by atoms with Crippen LogP contribution in [0.5, 0.6) is 17.2 Å². The number of aliphatic carboxylic acids is 1. The van der Waals surface area contributed by atoms with Crippen molar-refractivity contribution in [3.63, 3.8) is 0 Å². The normalized spacial score (nSPS) is 23.1. The molecule has 2 atom stereocenters. The third kappa shape index (κ3) is 3.09. The van der Waals surface area contributed by atoms with Gasteiger partial charge in [0.2, 0.25) is 11.7 Å². The Bertz CT molecular complexity index is 772. The van der Waals surface area contributed by atoms with E-state index in [4.69, 9.17) is 14.2 Å². The standard InChI is InChI=1S/C20H27NO6/c1-20(2)14(15(20)19(23)24)18(22)21-8-6-11-10-13(25-3)17(27-5)16(26-4)12(11)7-9-21/h10,14-15H,6-9H2,1-5H3,(H,23,24)/t14-,15+/m0/s1. The molecular formula is C20H27NO6. The molecule has 7 nitrogen and oxygen atoms in total. The molecule has 3 rings (SSSR count). The van der Waals surface area contributed by atoms with Gasteiger partial charge < -0.3 is 24.2 Å². The maximum absolute atomic E-state index is 13.0. The fourth-order valence-electron chi connectivity index (χ4n) is 4.35. The Morgan fingerprint density at radius 2 is 1.67 bits per heavy atom. The van der Waals surface area contributed by atoms with Crippen molar-refractivity contribution in [1.29, 1.82) is 0 Å². The molecule has 1 aromatic carbocycles. The van der Waals surface area contributed by atoms with Crippen molar-refractivity contribution < 1.29 is 28.9 Å². The molecule has 1 aliphatic carbocycles. The minimum absolute atomic E-state index is 0.0712. The van der Waals surface area contributed by atoms with Crippen molar-refractivity contribution >= 4 is 11.9 Å². The second-order valence-electron chi connectivity index (χ2n) is 7.72. The lowest BCUT2D eigenvalue weighted by Gasteiger charge is -2.21. The van der Waals surface area contributed by atoms with Gasteiger partial charge in [0, 0.05) is 18.7 Å². The molecule has 7 heteroatoms. The Labute approximate surface area is 159 Å². The van der Waals surface area contributed by atoms with E-state index in [2.05, 4.69) is 0 Å². The van der Waals surface area contributed by atoms with E-state index >= 15 is 0 Å². The maximum Gasteiger partial charge on any atom is 0.307 e. The van der Waals surface area contributed by atoms with E-state index in [1.54, 1.807) is 26.2 Å². The number of hydrogen-bond acceptors (Lipinski definition) is 5. The number of benzene rings is 1. The molecule has 1 heterocycles. The highest BCUT2D eigenvalue weighted by atomic mass is 16.5. The van der Waals surface area contributed by atoms with Gasteiger partial charge in [-0.25, -0.2) is 0 Å². The molecule has 0 bridgehead atoms. The summed E-state index contributed by atoms with van der Waals surface area (Å²) in [6.07, 6.45) is 1.28. The highest BCUT2D eigenvalue weighted by Crippen LogP contribution is 2.59. The van der Waals surface area contributed by atoms with Gasteiger partial charge in [0.1, 0.15) is 0 Å². The minimum atomic E-state index is -0.896. The summed E-state index contributed by atoms with van der Waals surface area (Å²) in [5.41, 5.74) is 1.58. The number of carboxylic acids is 1. The smallest absolute Gasteiger partial charge is 0.307 e. The zero-order valence-corrected chi connectivity index (χ0v) is 16.5. The van der Waals surface area contributed by atoms with Gasteiger partial charge in [-0.2, -0.15) is 0 Å². The van der Waals surface area contributed by atoms with E-state index in [1.165, 1.54) is 0 Å². The summed E-state index contributed by atoms with van der Waals surface area (Å²) in [6, 6.07) is 1.94. The fourth-order valence-corrected chi connectivity index (χ4v) is 4.35. The molecule has 148 valence electrons. The third-order valence-corrected chi connectivity index (χ3v) is 5.98. The first-order chi connectivity index (χ1) is 12.8. The molecule has 1 N–H and O–H groups in total. The van der Waals surface area contributed by atoms with Crippen LogP contribution in [0.2, 0.25) is 0 Å². The number of carbonyl (C=O) groups is 2. The van der Waals surface area contributed by atoms with Crippen LogP contribution in [0.3, 0.4) is 0 Å². The van der Waals surface area contributed by atoms with Gasteiger partial charge in [-0.15, -0.1) is 0 Å². The van der Waals surface area contributed by atoms with Crippen molar-refractivity contribution in [3.8, 4) is 17.2 Å². The number of carboxylic acid groups (broad SMARTS) is 1. The molecule has 27 heavy (non-hydrogen) atoms.